The predicted octanol–water partition coefficient (Wildman–Crippen LogP) is 1.92. The quantitative estimate of drug-likeness (QED) is 0.905. The van der Waals surface area contributed by atoms with Crippen LogP contribution in [0.3, 0.4) is 0 Å². The smallest absolute Gasteiger partial charge is 0.308 e. The topological polar surface area (TPSA) is 77.9 Å². The van der Waals surface area contributed by atoms with Crippen LogP contribution in [0.2, 0.25) is 0 Å². The third kappa shape index (κ3) is 3.25. The van der Waals surface area contributed by atoms with Gasteiger partial charge >= 0.3 is 5.97 Å². The molecule has 4 unspecified atom stereocenters. The monoisotopic (exact) mass is 344 g/mol. The van der Waals surface area contributed by atoms with Gasteiger partial charge in [0.25, 0.3) is 0 Å². The molecule has 0 aromatic heterocycles. The van der Waals surface area contributed by atoms with E-state index in [9.17, 15) is 19.5 Å². The molecule has 0 bridgehead atoms. The zero-order chi connectivity index (χ0) is 18.1. The van der Waals surface area contributed by atoms with Gasteiger partial charge in [0.05, 0.1) is 17.9 Å². The van der Waals surface area contributed by atoms with Crippen LogP contribution in [0, 0.1) is 11.8 Å². The number of carboxylic acid groups (broad SMARTS) is 1. The van der Waals surface area contributed by atoms with Crippen molar-refractivity contribution in [1.29, 1.82) is 0 Å². The van der Waals surface area contributed by atoms with Crippen molar-refractivity contribution < 1.29 is 19.5 Å². The van der Waals surface area contributed by atoms with E-state index in [2.05, 4.69) is 0 Å². The van der Waals surface area contributed by atoms with Gasteiger partial charge in [-0.3, -0.25) is 14.4 Å². The van der Waals surface area contributed by atoms with E-state index in [0.29, 0.717) is 19.5 Å². The first-order valence-corrected chi connectivity index (χ1v) is 8.78. The Balaban J connectivity index is 1.68. The molecule has 0 aliphatic carbocycles. The summed E-state index contributed by atoms with van der Waals surface area (Å²) >= 11 is 0. The first-order valence-electron chi connectivity index (χ1n) is 8.78. The molecule has 3 rings (SSSR count). The molecule has 2 aliphatic rings. The van der Waals surface area contributed by atoms with Crippen molar-refractivity contribution in [3.8, 4) is 0 Å². The Morgan fingerprint density at radius 3 is 2.52 bits per heavy atom. The summed E-state index contributed by atoms with van der Waals surface area (Å²) in [6.07, 6.45) is 0.685. The van der Waals surface area contributed by atoms with Gasteiger partial charge in [0.1, 0.15) is 0 Å². The fourth-order valence-corrected chi connectivity index (χ4v) is 4.00. The van der Waals surface area contributed by atoms with Crippen molar-refractivity contribution in [1.82, 2.24) is 9.80 Å². The van der Waals surface area contributed by atoms with Crippen LogP contribution in [0.1, 0.15) is 38.3 Å². The number of likely N-dealkylation sites (tertiary alicyclic amines) is 2. The van der Waals surface area contributed by atoms with E-state index in [0.717, 1.165) is 5.56 Å². The summed E-state index contributed by atoms with van der Waals surface area (Å²) in [4.78, 5) is 39.9. The second kappa shape index (κ2) is 6.86. The lowest BCUT2D eigenvalue weighted by Crippen LogP contribution is -2.42. The molecule has 0 radical (unpaired) electrons. The molecule has 1 aromatic rings. The number of rotatable bonds is 4. The van der Waals surface area contributed by atoms with Crippen LogP contribution in [0.15, 0.2) is 30.3 Å². The summed E-state index contributed by atoms with van der Waals surface area (Å²) < 4.78 is 0. The molecule has 2 aliphatic heterocycles. The fraction of sp³-hybridized carbons (Fsp3) is 0.526. The fourth-order valence-electron chi connectivity index (χ4n) is 4.00. The Kier molecular flexibility index (Phi) is 4.79. The maximum absolute atomic E-state index is 12.8. The number of carbonyl (C=O) groups excluding carboxylic acids is 2. The molecule has 6 heteroatoms. The highest BCUT2D eigenvalue weighted by Gasteiger charge is 2.44. The van der Waals surface area contributed by atoms with Crippen LogP contribution >= 0.6 is 0 Å². The van der Waals surface area contributed by atoms with Crippen molar-refractivity contribution in [3.05, 3.63) is 35.9 Å². The van der Waals surface area contributed by atoms with E-state index in [1.54, 1.807) is 16.7 Å². The van der Waals surface area contributed by atoms with Gasteiger partial charge in [-0.1, -0.05) is 30.3 Å². The average molecular weight is 344 g/mol. The number of carboxylic acids is 1. The molecule has 2 amide bonds. The molecule has 2 heterocycles. The van der Waals surface area contributed by atoms with Crippen molar-refractivity contribution in [2.24, 2.45) is 11.8 Å². The summed E-state index contributed by atoms with van der Waals surface area (Å²) in [5.74, 6) is -1.86. The number of hydrogen-bond donors (Lipinski definition) is 1. The minimum Gasteiger partial charge on any atom is -0.481 e. The molecule has 6 nitrogen and oxygen atoms in total. The predicted molar refractivity (Wildman–Crippen MR) is 91.6 cm³/mol. The van der Waals surface area contributed by atoms with E-state index in [1.165, 1.54) is 0 Å². The van der Waals surface area contributed by atoms with Gasteiger partial charge in [0.15, 0.2) is 0 Å². The Morgan fingerprint density at radius 1 is 1.24 bits per heavy atom. The van der Waals surface area contributed by atoms with Crippen LogP contribution in [0.25, 0.3) is 0 Å². The Hall–Kier alpha value is -2.37. The van der Waals surface area contributed by atoms with Crippen molar-refractivity contribution >= 4 is 17.8 Å². The minimum absolute atomic E-state index is 0.0173. The van der Waals surface area contributed by atoms with E-state index >= 15 is 0 Å². The molecule has 1 N–H and O–H groups in total. The SMILES string of the molecule is CC(c1ccccc1)N1CC(C(=O)N2CCC(C(=O)O)C2C)CC1=O. The second-order valence-electron chi connectivity index (χ2n) is 7.04. The lowest BCUT2D eigenvalue weighted by atomic mass is 10.0. The highest BCUT2D eigenvalue weighted by atomic mass is 16.4. The second-order valence-corrected chi connectivity index (χ2v) is 7.04. The standard InChI is InChI=1S/C19H24N2O4/c1-12(14-6-4-3-5-7-14)21-11-15(10-17(21)22)18(23)20-9-8-16(13(20)2)19(24)25/h3-7,12-13,15-16H,8-11H2,1-2H3,(H,24,25). The van der Waals surface area contributed by atoms with Gasteiger partial charge in [0.2, 0.25) is 11.8 Å². The first-order chi connectivity index (χ1) is 11.9. The van der Waals surface area contributed by atoms with Gasteiger partial charge in [-0.2, -0.15) is 0 Å². The van der Waals surface area contributed by atoms with Gasteiger partial charge < -0.3 is 14.9 Å². The number of benzene rings is 1. The molecule has 0 spiro atoms. The maximum atomic E-state index is 12.8. The average Bonchev–Trinajstić information content (AvgIpc) is 3.17. The molecule has 2 fully saturated rings. The van der Waals surface area contributed by atoms with E-state index in [4.69, 9.17) is 0 Å². The Morgan fingerprint density at radius 2 is 1.92 bits per heavy atom. The molecule has 2 saturated heterocycles. The number of carbonyl (C=O) groups is 3. The highest BCUT2D eigenvalue weighted by Crippen LogP contribution is 2.32. The summed E-state index contributed by atoms with van der Waals surface area (Å²) in [6.45, 7) is 4.61. The molecular weight excluding hydrogens is 320 g/mol. The molecule has 0 saturated carbocycles. The zero-order valence-electron chi connectivity index (χ0n) is 14.6. The maximum Gasteiger partial charge on any atom is 0.308 e. The van der Waals surface area contributed by atoms with Crippen molar-refractivity contribution in [2.75, 3.05) is 13.1 Å². The van der Waals surface area contributed by atoms with E-state index < -0.39 is 11.9 Å². The number of amides is 2. The molecule has 134 valence electrons. The Labute approximate surface area is 147 Å². The zero-order valence-corrected chi connectivity index (χ0v) is 14.6. The van der Waals surface area contributed by atoms with E-state index in [-0.39, 0.29) is 36.2 Å². The van der Waals surface area contributed by atoms with Gasteiger partial charge in [-0.25, -0.2) is 0 Å². The van der Waals surface area contributed by atoms with Crippen LogP contribution in [0.4, 0.5) is 0 Å². The number of nitrogens with zero attached hydrogens (tertiary/aromatic N) is 2. The van der Waals surface area contributed by atoms with Crippen LogP contribution in [0.5, 0.6) is 0 Å². The van der Waals surface area contributed by atoms with Crippen LogP contribution in [-0.4, -0.2) is 51.8 Å². The summed E-state index contributed by atoms with van der Waals surface area (Å²) in [6, 6.07) is 9.37. The number of hydrogen-bond acceptors (Lipinski definition) is 3. The molecule has 1 aromatic carbocycles. The van der Waals surface area contributed by atoms with Gasteiger partial charge in [0, 0.05) is 25.6 Å². The normalized spacial score (nSPS) is 27.6. The third-order valence-electron chi connectivity index (χ3n) is 5.61. The third-order valence-corrected chi connectivity index (χ3v) is 5.61. The summed E-state index contributed by atoms with van der Waals surface area (Å²) in [5, 5.41) is 9.23. The largest absolute Gasteiger partial charge is 0.481 e. The van der Waals surface area contributed by atoms with Crippen molar-refractivity contribution in [2.45, 2.75) is 38.8 Å². The highest BCUT2D eigenvalue weighted by molar-refractivity contribution is 5.90. The van der Waals surface area contributed by atoms with E-state index in [1.807, 2.05) is 37.3 Å². The first kappa shape index (κ1) is 17.5. The molecule has 4 atom stereocenters. The Bertz CT molecular complexity index is 675. The molecular formula is C19H24N2O4. The summed E-state index contributed by atoms with van der Waals surface area (Å²) in [5.41, 5.74) is 1.05. The van der Waals surface area contributed by atoms with Crippen LogP contribution < -0.4 is 0 Å². The minimum atomic E-state index is -0.857. The summed E-state index contributed by atoms with van der Waals surface area (Å²) in [7, 11) is 0. The molecule has 25 heavy (non-hydrogen) atoms. The van der Waals surface area contributed by atoms with Gasteiger partial charge in [-0.15, -0.1) is 0 Å². The lowest BCUT2D eigenvalue weighted by Gasteiger charge is -2.28. The lowest BCUT2D eigenvalue weighted by molar-refractivity contribution is -0.143. The van der Waals surface area contributed by atoms with Crippen LogP contribution in [-0.2, 0) is 14.4 Å². The number of aliphatic carboxylic acids is 1. The van der Waals surface area contributed by atoms with Gasteiger partial charge in [-0.05, 0) is 25.8 Å². The van der Waals surface area contributed by atoms with Crippen molar-refractivity contribution in [3.63, 3.8) is 0 Å².